The van der Waals surface area contributed by atoms with Gasteiger partial charge >= 0.3 is 27.8 Å². The Hall–Kier alpha value is -0.930. The lowest BCUT2D eigenvalue weighted by molar-refractivity contribution is 0.386. The van der Waals surface area contributed by atoms with Crippen LogP contribution in [0.15, 0.2) is 58.3 Å². The molecule has 0 aliphatic heterocycles. The molecule has 12 heteroatoms. The minimum absolute atomic E-state index is 0.184. The van der Waals surface area contributed by atoms with Gasteiger partial charge in [-0.3, -0.25) is 4.57 Å². The molecule has 2 aromatic carbocycles. The fourth-order valence-corrected chi connectivity index (χ4v) is 7.50. The lowest BCUT2D eigenvalue weighted by Crippen LogP contribution is -2.11. The van der Waals surface area contributed by atoms with Gasteiger partial charge in [0.2, 0.25) is 0 Å². The molecule has 0 aliphatic rings. The van der Waals surface area contributed by atoms with E-state index in [9.17, 15) is 21.4 Å². The van der Waals surface area contributed by atoms with E-state index in [1.807, 2.05) is 0 Å². The van der Waals surface area contributed by atoms with Crippen LogP contribution >= 0.6 is 30.8 Å². The molecular formula is C13H11Cl2O7PS2. The van der Waals surface area contributed by atoms with Gasteiger partial charge in [0.1, 0.15) is 9.79 Å². The van der Waals surface area contributed by atoms with Crippen molar-refractivity contribution in [2.75, 3.05) is 6.66 Å². The summed E-state index contributed by atoms with van der Waals surface area (Å²) in [5, 5.41) is -0.368. The van der Waals surface area contributed by atoms with Crippen LogP contribution < -0.4 is 0 Å². The molecule has 0 spiro atoms. The topological polar surface area (TPSA) is 104 Å². The van der Waals surface area contributed by atoms with Crippen LogP contribution in [0.3, 0.4) is 0 Å². The number of hydrogen-bond donors (Lipinski definition) is 0. The van der Waals surface area contributed by atoms with Crippen molar-refractivity contribution in [2.24, 2.45) is 0 Å². The highest BCUT2D eigenvalue weighted by Crippen LogP contribution is 2.50. The number of rotatable bonds is 6. The minimum atomic E-state index is -4.63. The average Bonchev–Trinajstić information content (AvgIpc) is 2.45. The van der Waals surface area contributed by atoms with E-state index in [-0.39, 0.29) is 10.0 Å². The Labute approximate surface area is 155 Å². The molecule has 0 atom stereocenters. The maximum Gasteiger partial charge on any atom is 0.357 e. The number of benzene rings is 2. The van der Waals surface area contributed by atoms with E-state index < -0.39 is 37.6 Å². The largest absolute Gasteiger partial charge is 0.357 e. The first-order valence-electron chi connectivity index (χ1n) is 6.44. The fourth-order valence-electron chi connectivity index (χ4n) is 1.74. The molecule has 7 nitrogen and oxygen atoms in total. The maximum absolute atomic E-state index is 12.3. The number of halogens is 2. The van der Waals surface area contributed by atoms with E-state index in [0.717, 1.165) is 12.1 Å². The van der Waals surface area contributed by atoms with Gasteiger partial charge in [-0.1, -0.05) is 47.5 Å². The third-order valence-electron chi connectivity index (χ3n) is 2.68. The fraction of sp³-hybridized carbons (Fsp3) is 0.0769. The van der Waals surface area contributed by atoms with E-state index in [4.69, 9.17) is 23.2 Å². The van der Waals surface area contributed by atoms with E-state index in [1.54, 1.807) is 0 Å². The van der Waals surface area contributed by atoms with Crippen LogP contribution in [0.1, 0.15) is 0 Å². The molecule has 0 fully saturated rings. The molecular weight excluding hydrogens is 434 g/mol. The van der Waals surface area contributed by atoms with Crippen molar-refractivity contribution < 1.29 is 29.3 Å². The van der Waals surface area contributed by atoms with Crippen molar-refractivity contribution in [1.29, 1.82) is 0 Å². The van der Waals surface area contributed by atoms with Crippen molar-refractivity contribution in [3.05, 3.63) is 58.6 Å². The minimum Gasteiger partial charge on any atom is -0.258 e. The van der Waals surface area contributed by atoms with E-state index in [0.29, 0.717) is 6.66 Å². The van der Waals surface area contributed by atoms with Gasteiger partial charge in [0.15, 0.2) is 0 Å². The molecule has 0 N–H and O–H groups in total. The third kappa shape index (κ3) is 5.04. The zero-order chi connectivity index (χ0) is 18.9. The van der Waals surface area contributed by atoms with E-state index >= 15 is 0 Å². The van der Waals surface area contributed by atoms with Crippen molar-refractivity contribution >= 4 is 51.0 Å². The third-order valence-corrected chi connectivity index (χ3v) is 9.09. The van der Waals surface area contributed by atoms with Crippen molar-refractivity contribution in [3.63, 3.8) is 0 Å². The number of hydrogen-bond acceptors (Lipinski definition) is 7. The Morgan fingerprint density at radius 3 is 1.40 bits per heavy atom. The molecule has 0 radical (unpaired) electrons. The highest BCUT2D eigenvalue weighted by Gasteiger charge is 2.35. The van der Waals surface area contributed by atoms with Gasteiger partial charge in [-0.25, -0.2) is 0 Å². The molecule has 0 aliphatic carbocycles. The van der Waals surface area contributed by atoms with Crippen LogP contribution in [0.5, 0.6) is 0 Å². The first kappa shape index (κ1) is 20.4. The van der Waals surface area contributed by atoms with Crippen LogP contribution in [0.25, 0.3) is 0 Å². The summed E-state index contributed by atoms with van der Waals surface area (Å²) in [5.41, 5.74) is 0. The predicted octanol–water partition coefficient (Wildman–Crippen LogP) is 3.93. The Morgan fingerprint density at radius 1 is 0.760 bits per heavy atom. The molecule has 0 amide bonds. The van der Waals surface area contributed by atoms with Gasteiger partial charge in [-0.05, 0) is 24.3 Å². The Bertz CT molecular complexity index is 970. The summed E-state index contributed by atoms with van der Waals surface area (Å²) in [7, 11) is -13.9. The van der Waals surface area contributed by atoms with Crippen LogP contribution in [0, 0.1) is 0 Å². The van der Waals surface area contributed by atoms with Crippen LogP contribution in [-0.2, 0) is 32.7 Å². The Kier molecular flexibility index (Phi) is 6.00. The monoisotopic (exact) mass is 444 g/mol. The van der Waals surface area contributed by atoms with Crippen molar-refractivity contribution in [1.82, 2.24) is 0 Å². The van der Waals surface area contributed by atoms with E-state index in [1.165, 1.54) is 36.4 Å². The maximum atomic E-state index is 12.3. The molecule has 0 bridgehead atoms. The molecule has 0 unspecified atom stereocenters. The molecule has 2 rings (SSSR count). The molecule has 136 valence electrons. The summed E-state index contributed by atoms with van der Waals surface area (Å²) >= 11 is 11.5. The SMILES string of the molecule is CP(=O)(OS(=O)(=O)c1ccccc1Cl)OS(=O)(=O)c1ccccc1Cl. The second-order valence-corrected chi connectivity index (χ2v) is 10.9. The lowest BCUT2D eigenvalue weighted by Gasteiger charge is -2.14. The summed E-state index contributed by atoms with van der Waals surface area (Å²) in [6, 6.07) is 10.5. The quantitative estimate of drug-likeness (QED) is 0.621. The van der Waals surface area contributed by atoms with Gasteiger partial charge < -0.3 is 0 Å². The molecule has 0 heterocycles. The first-order chi connectivity index (χ1) is 11.4. The summed E-state index contributed by atoms with van der Waals surface area (Å²) in [6.45, 7) is 0.704. The zero-order valence-corrected chi connectivity index (χ0v) is 16.5. The zero-order valence-electron chi connectivity index (χ0n) is 12.5. The summed E-state index contributed by atoms with van der Waals surface area (Å²) in [5.74, 6) is 0. The van der Waals surface area contributed by atoms with Gasteiger partial charge in [-0.2, -0.15) is 24.8 Å². The van der Waals surface area contributed by atoms with Crippen LogP contribution in [-0.4, -0.2) is 23.5 Å². The predicted molar refractivity (Wildman–Crippen MR) is 93.0 cm³/mol. The summed E-state index contributed by atoms with van der Waals surface area (Å²) in [6.07, 6.45) is 0. The van der Waals surface area contributed by atoms with Crippen molar-refractivity contribution in [3.8, 4) is 0 Å². The van der Waals surface area contributed by atoms with Gasteiger partial charge in [-0.15, -0.1) is 0 Å². The summed E-state index contributed by atoms with van der Waals surface area (Å²) in [4.78, 5) is -0.949. The smallest absolute Gasteiger partial charge is 0.258 e. The standard InChI is InChI=1S/C13H11Cl2O7PS2/c1-23(16,21-24(17,18)12-8-4-2-6-10(12)14)22-25(19,20)13-9-5-3-7-11(13)15/h2-9H,1H3. The Morgan fingerprint density at radius 2 is 1.08 bits per heavy atom. The highest BCUT2D eigenvalue weighted by atomic mass is 35.5. The van der Waals surface area contributed by atoms with Gasteiger partial charge in [0.25, 0.3) is 0 Å². The van der Waals surface area contributed by atoms with Crippen LogP contribution in [0.4, 0.5) is 0 Å². The molecule has 2 aromatic rings. The molecule has 25 heavy (non-hydrogen) atoms. The normalized spacial score (nSPS) is 12.9. The average molecular weight is 445 g/mol. The van der Waals surface area contributed by atoms with Crippen LogP contribution in [0.2, 0.25) is 10.0 Å². The van der Waals surface area contributed by atoms with Crippen molar-refractivity contribution in [2.45, 2.75) is 9.79 Å². The van der Waals surface area contributed by atoms with Gasteiger partial charge in [0, 0.05) is 6.66 Å². The first-order valence-corrected chi connectivity index (χ1v) is 12.0. The Balaban J connectivity index is 2.33. The molecule has 0 saturated heterocycles. The highest BCUT2D eigenvalue weighted by molar-refractivity contribution is 7.95. The second-order valence-electron chi connectivity index (χ2n) is 4.69. The van der Waals surface area contributed by atoms with Gasteiger partial charge in [0.05, 0.1) is 10.0 Å². The molecule has 0 saturated carbocycles. The molecule has 0 aromatic heterocycles. The summed E-state index contributed by atoms with van der Waals surface area (Å²) < 4.78 is 70.0. The lowest BCUT2D eigenvalue weighted by atomic mass is 10.4. The van der Waals surface area contributed by atoms with E-state index in [2.05, 4.69) is 7.94 Å². The second kappa shape index (κ2) is 7.36.